The summed E-state index contributed by atoms with van der Waals surface area (Å²) in [5.41, 5.74) is 2.60. The van der Waals surface area contributed by atoms with Gasteiger partial charge < -0.3 is 14.2 Å². The highest BCUT2D eigenvalue weighted by Crippen LogP contribution is 2.32. The molecule has 0 unspecified atom stereocenters. The van der Waals surface area contributed by atoms with E-state index in [0.717, 1.165) is 42.0 Å². The molecule has 0 atom stereocenters. The summed E-state index contributed by atoms with van der Waals surface area (Å²) >= 11 is 0. The summed E-state index contributed by atoms with van der Waals surface area (Å²) in [5, 5.41) is 9.34. The number of imidazole rings is 1. The van der Waals surface area contributed by atoms with Gasteiger partial charge in [0.25, 0.3) is 0 Å². The molecule has 7 heteroatoms. The van der Waals surface area contributed by atoms with Gasteiger partial charge in [-0.1, -0.05) is 12.1 Å². The van der Waals surface area contributed by atoms with Crippen LogP contribution in [0, 0.1) is 11.3 Å². The largest absolute Gasteiger partial charge is 0.497 e. The molecule has 0 radical (unpaired) electrons. The minimum absolute atomic E-state index is 0.171. The van der Waals surface area contributed by atoms with E-state index in [2.05, 4.69) is 37.4 Å². The van der Waals surface area contributed by atoms with Gasteiger partial charge in [0.2, 0.25) is 5.82 Å². The van der Waals surface area contributed by atoms with Gasteiger partial charge in [-0.15, -0.1) is 0 Å². The van der Waals surface area contributed by atoms with Crippen LogP contribution in [0.15, 0.2) is 30.6 Å². The fraction of sp³-hybridized carbons (Fsp3) is 0.400. The van der Waals surface area contributed by atoms with Crippen molar-refractivity contribution in [1.82, 2.24) is 19.5 Å². The first-order chi connectivity index (χ1) is 13.2. The lowest BCUT2D eigenvalue weighted by Crippen LogP contribution is -2.41. The molecule has 1 saturated carbocycles. The number of anilines is 1. The molecule has 1 aromatic carbocycles. The smallest absolute Gasteiger partial charge is 0.236 e. The maximum absolute atomic E-state index is 9.34. The van der Waals surface area contributed by atoms with E-state index in [9.17, 15) is 5.26 Å². The summed E-state index contributed by atoms with van der Waals surface area (Å²) in [6.45, 7) is 3.63. The fourth-order valence-corrected chi connectivity index (χ4v) is 3.54. The number of aromatic nitrogens is 4. The van der Waals surface area contributed by atoms with Crippen LogP contribution in [0.3, 0.4) is 0 Å². The Morgan fingerprint density at radius 1 is 1.26 bits per heavy atom. The van der Waals surface area contributed by atoms with Crippen molar-refractivity contribution in [2.45, 2.75) is 38.8 Å². The number of hydrogen-bond acceptors (Lipinski definition) is 6. The third-order valence-electron chi connectivity index (χ3n) is 5.19. The van der Waals surface area contributed by atoms with Crippen molar-refractivity contribution in [3.8, 4) is 11.8 Å². The lowest BCUT2D eigenvalue weighted by molar-refractivity contribution is 0.388. The van der Waals surface area contributed by atoms with Gasteiger partial charge in [0.15, 0.2) is 11.5 Å². The number of methoxy groups -OCH3 is 1. The number of nitrogens with zero attached hydrogens (tertiary/aromatic N) is 6. The predicted octanol–water partition coefficient (Wildman–Crippen LogP) is 3.13. The fourth-order valence-electron chi connectivity index (χ4n) is 3.54. The number of fused-ring (bicyclic) bond motifs is 1. The average molecular weight is 362 g/mol. The summed E-state index contributed by atoms with van der Waals surface area (Å²) < 4.78 is 7.30. The molecule has 0 N–H and O–H groups in total. The van der Waals surface area contributed by atoms with Gasteiger partial charge in [-0.25, -0.2) is 4.98 Å². The molecule has 0 aliphatic heterocycles. The highest BCUT2D eigenvalue weighted by Gasteiger charge is 2.28. The van der Waals surface area contributed by atoms with E-state index in [-0.39, 0.29) is 5.82 Å². The number of nitriles is 1. The monoisotopic (exact) mass is 362 g/mol. The van der Waals surface area contributed by atoms with Gasteiger partial charge in [-0.2, -0.15) is 15.2 Å². The molecule has 2 heterocycles. The Morgan fingerprint density at radius 3 is 2.63 bits per heavy atom. The van der Waals surface area contributed by atoms with Gasteiger partial charge in [-0.05, 0) is 43.9 Å². The van der Waals surface area contributed by atoms with E-state index in [1.807, 2.05) is 24.3 Å². The minimum atomic E-state index is 0.171. The molecule has 0 spiro atoms. The summed E-state index contributed by atoms with van der Waals surface area (Å²) in [6.07, 6.45) is 5.34. The zero-order valence-corrected chi connectivity index (χ0v) is 15.6. The Bertz CT molecular complexity index is 984. The van der Waals surface area contributed by atoms with Crippen molar-refractivity contribution in [2.75, 3.05) is 18.6 Å². The highest BCUT2D eigenvalue weighted by atomic mass is 16.5. The zero-order valence-electron chi connectivity index (χ0n) is 15.6. The zero-order chi connectivity index (χ0) is 18.8. The second-order valence-electron chi connectivity index (χ2n) is 6.75. The Kier molecular flexibility index (Phi) is 4.63. The molecule has 27 heavy (non-hydrogen) atoms. The van der Waals surface area contributed by atoms with E-state index in [0.29, 0.717) is 18.2 Å². The van der Waals surface area contributed by atoms with Crippen LogP contribution in [-0.2, 0) is 6.54 Å². The third-order valence-corrected chi connectivity index (χ3v) is 5.19. The molecule has 1 fully saturated rings. The second-order valence-corrected chi connectivity index (χ2v) is 6.75. The molecular weight excluding hydrogens is 340 g/mol. The minimum Gasteiger partial charge on any atom is -0.497 e. The summed E-state index contributed by atoms with van der Waals surface area (Å²) in [4.78, 5) is 15.6. The number of rotatable bonds is 6. The van der Waals surface area contributed by atoms with Gasteiger partial charge in [0.05, 0.1) is 13.4 Å². The molecular formula is C20H22N6O. The molecule has 1 aliphatic rings. The molecule has 1 aliphatic carbocycles. The lowest BCUT2D eigenvalue weighted by atomic mass is 9.91. The van der Waals surface area contributed by atoms with Gasteiger partial charge in [-0.3, -0.25) is 0 Å². The van der Waals surface area contributed by atoms with Gasteiger partial charge in [0.1, 0.15) is 17.3 Å². The van der Waals surface area contributed by atoms with E-state index < -0.39 is 0 Å². The summed E-state index contributed by atoms with van der Waals surface area (Å²) in [7, 11) is 1.66. The van der Waals surface area contributed by atoms with Crippen molar-refractivity contribution in [2.24, 2.45) is 0 Å². The van der Waals surface area contributed by atoms with Crippen LogP contribution in [0.25, 0.3) is 11.2 Å². The van der Waals surface area contributed by atoms with Crippen LogP contribution in [0.2, 0.25) is 0 Å². The van der Waals surface area contributed by atoms with Crippen LogP contribution >= 0.6 is 0 Å². The van der Waals surface area contributed by atoms with Crippen molar-refractivity contribution in [1.29, 1.82) is 5.26 Å². The van der Waals surface area contributed by atoms with Crippen LogP contribution in [-0.4, -0.2) is 39.2 Å². The van der Waals surface area contributed by atoms with Gasteiger partial charge in [0, 0.05) is 19.1 Å². The van der Waals surface area contributed by atoms with Crippen LogP contribution in [0.1, 0.15) is 37.6 Å². The van der Waals surface area contributed by atoms with Gasteiger partial charge >= 0.3 is 0 Å². The predicted molar refractivity (Wildman–Crippen MR) is 103 cm³/mol. The van der Waals surface area contributed by atoms with E-state index in [1.165, 1.54) is 6.42 Å². The molecule has 0 saturated heterocycles. The first-order valence-electron chi connectivity index (χ1n) is 9.26. The number of ether oxygens (including phenoxy) is 1. The SMILES string of the molecule is CCN(c1nc(C#N)nc2ncn(Cc3ccc(OC)cc3)c12)C1CCC1. The van der Waals surface area contributed by atoms with Crippen molar-refractivity contribution in [3.05, 3.63) is 42.0 Å². The maximum atomic E-state index is 9.34. The molecule has 7 nitrogen and oxygen atoms in total. The summed E-state index contributed by atoms with van der Waals surface area (Å²) in [5.74, 6) is 1.82. The maximum Gasteiger partial charge on any atom is 0.236 e. The molecule has 2 aromatic heterocycles. The Morgan fingerprint density at radius 2 is 2.04 bits per heavy atom. The first-order valence-corrected chi connectivity index (χ1v) is 9.26. The van der Waals surface area contributed by atoms with Crippen LogP contribution in [0.4, 0.5) is 5.82 Å². The first kappa shape index (κ1) is 17.3. The summed E-state index contributed by atoms with van der Waals surface area (Å²) in [6, 6.07) is 10.5. The molecule has 3 aromatic rings. The quantitative estimate of drug-likeness (QED) is 0.670. The normalized spacial score (nSPS) is 14.0. The number of hydrogen-bond donors (Lipinski definition) is 0. The molecule has 0 bridgehead atoms. The molecule has 4 rings (SSSR count). The van der Waals surface area contributed by atoms with E-state index >= 15 is 0 Å². The van der Waals surface area contributed by atoms with Crippen molar-refractivity contribution >= 4 is 17.0 Å². The third kappa shape index (κ3) is 3.19. The second kappa shape index (κ2) is 7.23. The highest BCUT2D eigenvalue weighted by molar-refractivity contribution is 5.84. The Balaban J connectivity index is 1.78. The van der Waals surface area contributed by atoms with Crippen molar-refractivity contribution in [3.63, 3.8) is 0 Å². The van der Waals surface area contributed by atoms with Crippen molar-refractivity contribution < 1.29 is 4.74 Å². The van der Waals surface area contributed by atoms with Crippen LogP contribution in [0.5, 0.6) is 5.75 Å². The van der Waals surface area contributed by atoms with E-state index in [1.54, 1.807) is 13.4 Å². The average Bonchev–Trinajstić information content (AvgIpc) is 3.07. The standard InChI is InChI=1S/C20H22N6O/c1-3-26(15-5-4-6-15)20-18-19(23-17(11-21)24-20)22-13-25(18)12-14-7-9-16(27-2)10-8-14/h7-10,13,15H,3-6,12H2,1-2H3. The molecule has 0 amide bonds. The Hall–Kier alpha value is -3.14. The van der Waals surface area contributed by atoms with Crippen LogP contribution < -0.4 is 9.64 Å². The van der Waals surface area contributed by atoms with E-state index in [4.69, 9.17) is 4.74 Å². The molecule has 138 valence electrons. The lowest BCUT2D eigenvalue weighted by Gasteiger charge is -2.38. The number of benzene rings is 1. The Labute approximate surface area is 158 Å². The topological polar surface area (TPSA) is 79.9 Å².